The number of hydrogen-bond acceptors (Lipinski definition) is 2. The van der Waals surface area contributed by atoms with E-state index in [-0.39, 0.29) is 11.9 Å². The Morgan fingerprint density at radius 2 is 2.25 bits per heavy atom. The van der Waals surface area contributed by atoms with Gasteiger partial charge in [-0.1, -0.05) is 26.2 Å². The lowest BCUT2D eigenvalue weighted by atomic mass is 10.1. The average molecular weight is 170 g/mol. The standard InChI is InChI=1S/C9H18N2O/c1-2-3-4-5-6-11-7-8(10)9(11)12/h8H,2-7,10H2,1H3. The monoisotopic (exact) mass is 170 g/mol. The van der Waals surface area contributed by atoms with Gasteiger partial charge in [0.2, 0.25) is 5.91 Å². The van der Waals surface area contributed by atoms with E-state index in [1.807, 2.05) is 4.90 Å². The van der Waals surface area contributed by atoms with E-state index in [0.29, 0.717) is 0 Å². The quantitative estimate of drug-likeness (QED) is 0.488. The van der Waals surface area contributed by atoms with Gasteiger partial charge in [0.05, 0.1) is 0 Å². The van der Waals surface area contributed by atoms with Gasteiger partial charge < -0.3 is 10.6 Å². The molecular formula is C9H18N2O. The van der Waals surface area contributed by atoms with Crippen molar-refractivity contribution in [3.05, 3.63) is 0 Å². The SMILES string of the molecule is CCCCCCN1CC(N)C1=O. The van der Waals surface area contributed by atoms with Gasteiger partial charge in [-0.3, -0.25) is 4.79 Å². The second-order valence-electron chi connectivity index (χ2n) is 3.45. The van der Waals surface area contributed by atoms with Gasteiger partial charge in [0.1, 0.15) is 6.04 Å². The van der Waals surface area contributed by atoms with Crippen LogP contribution in [0, 0.1) is 0 Å². The Labute approximate surface area is 73.9 Å². The van der Waals surface area contributed by atoms with E-state index in [9.17, 15) is 4.79 Å². The molecule has 0 saturated carbocycles. The lowest BCUT2D eigenvalue weighted by Gasteiger charge is -2.36. The molecule has 12 heavy (non-hydrogen) atoms. The fourth-order valence-corrected chi connectivity index (χ4v) is 1.46. The Morgan fingerprint density at radius 1 is 1.50 bits per heavy atom. The summed E-state index contributed by atoms with van der Waals surface area (Å²) in [5.74, 6) is 0.131. The van der Waals surface area contributed by atoms with Crippen molar-refractivity contribution in [1.29, 1.82) is 0 Å². The number of unbranched alkanes of at least 4 members (excludes halogenated alkanes) is 3. The highest BCUT2D eigenvalue weighted by Gasteiger charge is 2.32. The molecule has 0 aliphatic carbocycles. The van der Waals surface area contributed by atoms with Crippen molar-refractivity contribution in [2.45, 2.75) is 38.6 Å². The van der Waals surface area contributed by atoms with Crippen molar-refractivity contribution in [2.24, 2.45) is 5.73 Å². The van der Waals surface area contributed by atoms with Crippen LogP contribution in [0.5, 0.6) is 0 Å². The second kappa shape index (κ2) is 4.45. The molecule has 0 bridgehead atoms. The van der Waals surface area contributed by atoms with Crippen molar-refractivity contribution in [2.75, 3.05) is 13.1 Å². The first-order valence-corrected chi connectivity index (χ1v) is 4.80. The Kier molecular flexibility index (Phi) is 3.53. The topological polar surface area (TPSA) is 46.3 Å². The van der Waals surface area contributed by atoms with Crippen LogP contribution in [-0.2, 0) is 4.79 Å². The van der Waals surface area contributed by atoms with Crippen LogP contribution in [0.15, 0.2) is 0 Å². The van der Waals surface area contributed by atoms with E-state index in [4.69, 9.17) is 5.73 Å². The van der Waals surface area contributed by atoms with Crippen LogP contribution >= 0.6 is 0 Å². The minimum absolute atomic E-state index is 0.131. The van der Waals surface area contributed by atoms with Crippen LogP contribution in [0.4, 0.5) is 0 Å². The largest absolute Gasteiger partial charge is 0.339 e. The van der Waals surface area contributed by atoms with Gasteiger partial charge >= 0.3 is 0 Å². The molecule has 1 aliphatic rings. The number of hydrogen-bond donors (Lipinski definition) is 1. The Morgan fingerprint density at radius 3 is 2.75 bits per heavy atom. The zero-order chi connectivity index (χ0) is 8.97. The van der Waals surface area contributed by atoms with E-state index in [0.717, 1.165) is 19.5 Å². The van der Waals surface area contributed by atoms with Gasteiger partial charge in [0.15, 0.2) is 0 Å². The zero-order valence-corrected chi connectivity index (χ0v) is 7.75. The van der Waals surface area contributed by atoms with Gasteiger partial charge in [-0.15, -0.1) is 0 Å². The van der Waals surface area contributed by atoms with Gasteiger partial charge in [0.25, 0.3) is 0 Å². The van der Waals surface area contributed by atoms with Crippen LogP contribution in [-0.4, -0.2) is 29.9 Å². The summed E-state index contributed by atoms with van der Waals surface area (Å²) in [6.07, 6.45) is 4.88. The highest BCUT2D eigenvalue weighted by Crippen LogP contribution is 2.09. The molecule has 1 saturated heterocycles. The van der Waals surface area contributed by atoms with E-state index in [1.54, 1.807) is 0 Å². The summed E-state index contributed by atoms with van der Waals surface area (Å²) in [6.45, 7) is 3.86. The van der Waals surface area contributed by atoms with Crippen LogP contribution in [0.2, 0.25) is 0 Å². The molecule has 0 aromatic heterocycles. The van der Waals surface area contributed by atoms with Crippen molar-refractivity contribution in [3.8, 4) is 0 Å². The summed E-state index contributed by atoms with van der Waals surface area (Å²) in [5, 5.41) is 0. The summed E-state index contributed by atoms with van der Waals surface area (Å²) in [7, 11) is 0. The fraction of sp³-hybridized carbons (Fsp3) is 0.889. The molecule has 2 N–H and O–H groups in total. The molecule has 70 valence electrons. The molecule has 1 rings (SSSR count). The van der Waals surface area contributed by atoms with Crippen LogP contribution < -0.4 is 5.73 Å². The number of β-lactam (4-membered cyclic amide) rings is 1. The number of nitrogens with two attached hydrogens (primary N) is 1. The first kappa shape index (κ1) is 9.52. The highest BCUT2D eigenvalue weighted by molar-refractivity contribution is 5.87. The minimum Gasteiger partial charge on any atom is -0.339 e. The molecule has 0 spiro atoms. The summed E-state index contributed by atoms with van der Waals surface area (Å²) in [5.41, 5.74) is 5.45. The maximum absolute atomic E-state index is 11.0. The number of nitrogens with zero attached hydrogens (tertiary/aromatic N) is 1. The Hall–Kier alpha value is -0.570. The minimum atomic E-state index is -0.198. The van der Waals surface area contributed by atoms with Crippen molar-refractivity contribution in [3.63, 3.8) is 0 Å². The van der Waals surface area contributed by atoms with Crippen molar-refractivity contribution >= 4 is 5.91 Å². The maximum Gasteiger partial charge on any atom is 0.241 e. The zero-order valence-electron chi connectivity index (χ0n) is 7.75. The normalized spacial score (nSPS) is 22.7. The van der Waals surface area contributed by atoms with Gasteiger partial charge in [0, 0.05) is 13.1 Å². The lowest BCUT2D eigenvalue weighted by Crippen LogP contribution is -2.60. The number of likely N-dealkylation sites (tertiary alicyclic amines) is 1. The number of carbonyl (C=O) groups excluding carboxylic acids is 1. The first-order valence-electron chi connectivity index (χ1n) is 4.80. The van der Waals surface area contributed by atoms with Crippen LogP contribution in [0.1, 0.15) is 32.6 Å². The Bertz CT molecular complexity index is 159. The molecule has 1 amide bonds. The molecule has 1 atom stereocenters. The van der Waals surface area contributed by atoms with E-state index in [1.165, 1.54) is 19.3 Å². The van der Waals surface area contributed by atoms with Gasteiger partial charge in [-0.25, -0.2) is 0 Å². The fourth-order valence-electron chi connectivity index (χ4n) is 1.46. The molecule has 0 aromatic rings. The first-order chi connectivity index (χ1) is 5.75. The van der Waals surface area contributed by atoms with Crippen molar-refractivity contribution in [1.82, 2.24) is 4.90 Å². The van der Waals surface area contributed by atoms with Crippen LogP contribution in [0.25, 0.3) is 0 Å². The van der Waals surface area contributed by atoms with Crippen molar-refractivity contribution < 1.29 is 4.79 Å². The second-order valence-corrected chi connectivity index (χ2v) is 3.45. The molecule has 3 nitrogen and oxygen atoms in total. The lowest BCUT2D eigenvalue weighted by molar-refractivity contribution is -0.142. The molecule has 1 fully saturated rings. The number of carbonyl (C=O) groups is 1. The van der Waals surface area contributed by atoms with Crippen LogP contribution in [0.3, 0.4) is 0 Å². The molecule has 1 unspecified atom stereocenters. The highest BCUT2D eigenvalue weighted by atomic mass is 16.2. The number of rotatable bonds is 5. The molecule has 1 aliphatic heterocycles. The third kappa shape index (κ3) is 2.21. The van der Waals surface area contributed by atoms with E-state index in [2.05, 4.69) is 6.92 Å². The predicted molar refractivity (Wildman–Crippen MR) is 48.7 cm³/mol. The van der Waals surface area contributed by atoms with E-state index < -0.39 is 0 Å². The third-order valence-electron chi connectivity index (χ3n) is 2.33. The van der Waals surface area contributed by atoms with E-state index >= 15 is 0 Å². The average Bonchev–Trinajstić information content (AvgIpc) is 2.10. The molecule has 3 heteroatoms. The summed E-state index contributed by atoms with van der Waals surface area (Å²) < 4.78 is 0. The summed E-state index contributed by atoms with van der Waals surface area (Å²) in [6, 6.07) is -0.198. The number of amides is 1. The molecule has 0 aromatic carbocycles. The predicted octanol–water partition coefficient (Wildman–Crippen LogP) is 0.736. The Balaban J connectivity index is 1.98. The smallest absolute Gasteiger partial charge is 0.241 e. The summed E-state index contributed by atoms with van der Waals surface area (Å²) in [4.78, 5) is 12.9. The molecular weight excluding hydrogens is 152 g/mol. The molecule has 0 radical (unpaired) electrons. The molecule has 1 heterocycles. The maximum atomic E-state index is 11.0. The summed E-state index contributed by atoms with van der Waals surface area (Å²) >= 11 is 0. The van der Waals surface area contributed by atoms with Gasteiger partial charge in [-0.05, 0) is 6.42 Å². The third-order valence-corrected chi connectivity index (χ3v) is 2.33. The van der Waals surface area contributed by atoms with Gasteiger partial charge in [-0.2, -0.15) is 0 Å².